The summed E-state index contributed by atoms with van der Waals surface area (Å²) in [5.74, 6) is -0.201. The molecule has 1 aliphatic heterocycles. The topological polar surface area (TPSA) is 49.4 Å². The Morgan fingerprint density at radius 2 is 1.68 bits per heavy atom. The molecule has 1 fully saturated rings. The molecule has 25 heavy (non-hydrogen) atoms. The molecule has 2 aromatic carbocycles. The smallest absolute Gasteiger partial charge is 0.253 e. The van der Waals surface area contributed by atoms with Gasteiger partial charge in [0.25, 0.3) is 5.91 Å². The minimum atomic E-state index is -0.251. The standard InChI is InChI=1S/C20H19ClN2O2/c21-18-6-2-1-5-15(18)9-12-19(24)22-17-10-7-16(8-11-17)20(25)23-13-3-4-14-23/h1-2,5-12H,3-4,13-14H2,(H,22,24)/b12-9+. The molecule has 1 N–H and O–H groups in total. The predicted octanol–water partition coefficient (Wildman–Crippen LogP) is 4.23. The Labute approximate surface area is 152 Å². The molecule has 0 aliphatic carbocycles. The summed E-state index contributed by atoms with van der Waals surface area (Å²) in [6.45, 7) is 1.65. The molecule has 1 aliphatic rings. The first-order valence-corrected chi connectivity index (χ1v) is 8.64. The minimum Gasteiger partial charge on any atom is -0.339 e. The first kappa shape index (κ1) is 17.2. The third-order valence-corrected chi connectivity index (χ3v) is 4.46. The molecule has 0 radical (unpaired) electrons. The van der Waals surface area contributed by atoms with E-state index in [0.717, 1.165) is 31.5 Å². The van der Waals surface area contributed by atoms with Crippen LogP contribution in [0.1, 0.15) is 28.8 Å². The Morgan fingerprint density at radius 3 is 2.36 bits per heavy atom. The maximum atomic E-state index is 12.3. The van der Waals surface area contributed by atoms with Gasteiger partial charge < -0.3 is 10.2 Å². The van der Waals surface area contributed by atoms with Gasteiger partial charge in [-0.15, -0.1) is 0 Å². The molecule has 5 heteroatoms. The third kappa shape index (κ3) is 4.48. The number of carbonyl (C=O) groups is 2. The average Bonchev–Trinajstić information content (AvgIpc) is 3.16. The zero-order valence-corrected chi connectivity index (χ0v) is 14.5. The molecule has 4 nitrogen and oxygen atoms in total. The summed E-state index contributed by atoms with van der Waals surface area (Å²) in [4.78, 5) is 26.2. The van der Waals surface area contributed by atoms with E-state index in [9.17, 15) is 9.59 Å². The summed E-state index contributed by atoms with van der Waals surface area (Å²) in [6, 6.07) is 14.3. The van der Waals surface area contributed by atoms with Crippen molar-refractivity contribution in [2.75, 3.05) is 18.4 Å². The number of benzene rings is 2. The number of likely N-dealkylation sites (tertiary alicyclic amines) is 1. The quantitative estimate of drug-likeness (QED) is 0.835. The van der Waals surface area contributed by atoms with Gasteiger partial charge in [-0.3, -0.25) is 9.59 Å². The second kappa shape index (κ2) is 7.99. The fraction of sp³-hybridized carbons (Fsp3) is 0.200. The van der Waals surface area contributed by atoms with Gasteiger partial charge in [0.2, 0.25) is 5.91 Å². The maximum Gasteiger partial charge on any atom is 0.253 e. The van der Waals surface area contributed by atoms with E-state index in [1.54, 1.807) is 36.4 Å². The largest absolute Gasteiger partial charge is 0.339 e. The Hall–Kier alpha value is -2.59. The molecular formula is C20H19ClN2O2. The van der Waals surface area contributed by atoms with Gasteiger partial charge in [0, 0.05) is 35.4 Å². The van der Waals surface area contributed by atoms with Crippen LogP contribution in [0.5, 0.6) is 0 Å². The molecule has 0 aromatic heterocycles. The van der Waals surface area contributed by atoms with Gasteiger partial charge in [0.15, 0.2) is 0 Å². The lowest BCUT2D eigenvalue weighted by atomic mass is 10.2. The maximum absolute atomic E-state index is 12.3. The Balaban J connectivity index is 1.60. The van der Waals surface area contributed by atoms with E-state index in [1.807, 2.05) is 23.1 Å². The second-order valence-corrected chi connectivity index (χ2v) is 6.33. The normalized spacial score (nSPS) is 14.0. The van der Waals surface area contributed by atoms with Crippen molar-refractivity contribution in [1.29, 1.82) is 0 Å². The zero-order chi connectivity index (χ0) is 17.6. The lowest BCUT2D eigenvalue weighted by Gasteiger charge is -2.15. The first-order valence-electron chi connectivity index (χ1n) is 8.26. The van der Waals surface area contributed by atoms with Crippen LogP contribution in [0, 0.1) is 0 Å². The van der Waals surface area contributed by atoms with E-state index in [4.69, 9.17) is 11.6 Å². The van der Waals surface area contributed by atoms with E-state index in [-0.39, 0.29) is 11.8 Å². The highest BCUT2D eigenvalue weighted by Crippen LogP contribution is 2.17. The zero-order valence-electron chi connectivity index (χ0n) is 13.7. The van der Waals surface area contributed by atoms with Crippen molar-refractivity contribution >= 4 is 35.2 Å². The van der Waals surface area contributed by atoms with E-state index in [1.165, 1.54) is 6.08 Å². The summed E-state index contributed by atoms with van der Waals surface area (Å²) in [5.41, 5.74) is 2.07. The molecule has 2 aromatic rings. The number of carbonyl (C=O) groups excluding carboxylic acids is 2. The van der Waals surface area contributed by atoms with Crippen molar-refractivity contribution in [3.05, 3.63) is 70.8 Å². The molecular weight excluding hydrogens is 336 g/mol. The number of rotatable bonds is 4. The average molecular weight is 355 g/mol. The summed E-state index contributed by atoms with van der Waals surface area (Å²) in [5, 5.41) is 3.37. The van der Waals surface area contributed by atoms with Crippen molar-refractivity contribution in [2.24, 2.45) is 0 Å². The van der Waals surface area contributed by atoms with Crippen molar-refractivity contribution in [1.82, 2.24) is 4.90 Å². The molecule has 0 atom stereocenters. The molecule has 1 heterocycles. The fourth-order valence-corrected chi connectivity index (χ4v) is 2.96. The van der Waals surface area contributed by atoms with Crippen LogP contribution >= 0.6 is 11.6 Å². The van der Waals surface area contributed by atoms with Crippen LogP contribution in [0.25, 0.3) is 6.08 Å². The number of hydrogen-bond acceptors (Lipinski definition) is 2. The lowest BCUT2D eigenvalue weighted by molar-refractivity contribution is -0.111. The number of nitrogens with zero attached hydrogens (tertiary/aromatic N) is 1. The SMILES string of the molecule is O=C(/C=C/c1ccccc1Cl)Nc1ccc(C(=O)N2CCCC2)cc1. The van der Waals surface area contributed by atoms with Crippen LogP contribution in [0.2, 0.25) is 5.02 Å². The van der Waals surface area contributed by atoms with Gasteiger partial charge in [-0.2, -0.15) is 0 Å². The highest BCUT2D eigenvalue weighted by Gasteiger charge is 2.19. The fourth-order valence-electron chi connectivity index (χ4n) is 2.76. The number of amides is 2. The Bertz CT molecular complexity index is 794. The first-order chi connectivity index (χ1) is 12.1. The molecule has 1 saturated heterocycles. The van der Waals surface area contributed by atoms with Gasteiger partial charge in [0.05, 0.1) is 0 Å². The molecule has 2 amide bonds. The van der Waals surface area contributed by atoms with Crippen molar-refractivity contribution < 1.29 is 9.59 Å². The minimum absolute atomic E-state index is 0.0500. The summed E-state index contributed by atoms with van der Waals surface area (Å²) < 4.78 is 0. The summed E-state index contributed by atoms with van der Waals surface area (Å²) in [6.07, 6.45) is 5.24. The third-order valence-electron chi connectivity index (χ3n) is 4.11. The highest BCUT2D eigenvalue weighted by atomic mass is 35.5. The van der Waals surface area contributed by atoms with Gasteiger partial charge in [-0.05, 0) is 54.8 Å². The van der Waals surface area contributed by atoms with E-state index in [2.05, 4.69) is 5.32 Å². The van der Waals surface area contributed by atoms with Crippen molar-refractivity contribution in [2.45, 2.75) is 12.8 Å². The Morgan fingerprint density at radius 1 is 1.00 bits per heavy atom. The number of hydrogen-bond donors (Lipinski definition) is 1. The van der Waals surface area contributed by atoms with Gasteiger partial charge in [-0.25, -0.2) is 0 Å². The van der Waals surface area contributed by atoms with Crippen molar-refractivity contribution in [3.8, 4) is 0 Å². The lowest BCUT2D eigenvalue weighted by Crippen LogP contribution is -2.27. The van der Waals surface area contributed by atoms with Crippen LogP contribution in [-0.2, 0) is 4.79 Å². The summed E-state index contributed by atoms with van der Waals surface area (Å²) >= 11 is 6.05. The van der Waals surface area contributed by atoms with Crippen LogP contribution in [0.3, 0.4) is 0 Å². The summed E-state index contributed by atoms with van der Waals surface area (Å²) in [7, 11) is 0. The van der Waals surface area contributed by atoms with E-state index < -0.39 is 0 Å². The van der Waals surface area contributed by atoms with Gasteiger partial charge >= 0.3 is 0 Å². The molecule has 0 saturated carbocycles. The Kier molecular flexibility index (Phi) is 5.51. The molecule has 0 bridgehead atoms. The van der Waals surface area contributed by atoms with E-state index in [0.29, 0.717) is 16.3 Å². The number of nitrogens with one attached hydrogen (secondary N) is 1. The predicted molar refractivity (Wildman–Crippen MR) is 101 cm³/mol. The molecule has 0 spiro atoms. The van der Waals surface area contributed by atoms with Crippen LogP contribution < -0.4 is 5.32 Å². The molecule has 3 rings (SSSR count). The number of halogens is 1. The van der Waals surface area contributed by atoms with Gasteiger partial charge in [0.1, 0.15) is 0 Å². The van der Waals surface area contributed by atoms with Crippen LogP contribution in [0.4, 0.5) is 5.69 Å². The van der Waals surface area contributed by atoms with Gasteiger partial charge in [-0.1, -0.05) is 29.8 Å². The van der Waals surface area contributed by atoms with Crippen LogP contribution in [-0.4, -0.2) is 29.8 Å². The highest BCUT2D eigenvalue weighted by molar-refractivity contribution is 6.32. The molecule has 128 valence electrons. The van der Waals surface area contributed by atoms with E-state index >= 15 is 0 Å². The monoisotopic (exact) mass is 354 g/mol. The van der Waals surface area contributed by atoms with Crippen molar-refractivity contribution in [3.63, 3.8) is 0 Å². The second-order valence-electron chi connectivity index (χ2n) is 5.92. The van der Waals surface area contributed by atoms with Crippen LogP contribution in [0.15, 0.2) is 54.6 Å². The molecule has 0 unspecified atom stereocenters. The number of anilines is 1.